The Hall–Kier alpha value is -3.63. The fraction of sp³-hybridized carbons (Fsp3) is 0.516. The van der Waals surface area contributed by atoms with Crippen molar-refractivity contribution in [2.45, 2.75) is 57.8 Å². The maximum atomic E-state index is 13.9. The predicted molar refractivity (Wildman–Crippen MR) is 156 cm³/mol. The number of amides is 3. The second kappa shape index (κ2) is 12.1. The van der Waals surface area contributed by atoms with Crippen molar-refractivity contribution in [3.63, 3.8) is 0 Å². The molecule has 3 N–H and O–H groups in total. The molecular formula is C31H40N4O6. The van der Waals surface area contributed by atoms with Crippen LogP contribution in [-0.2, 0) is 19.1 Å². The lowest BCUT2D eigenvalue weighted by Gasteiger charge is -2.33. The van der Waals surface area contributed by atoms with E-state index in [1.54, 1.807) is 24.3 Å². The van der Waals surface area contributed by atoms with E-state index in [1.165, 1.54) is 4.90 Å². The highest BCUT2D eigenvalue weighted by Gasteiger charge is 2.74. The highest BCUT2D eigenvalue weighted by atomic mass is 16.5. The minimum atomic E-state index is -1.09. The molecule has 5 rings (SSSR count). The van der Waals surface area contributed by atoms with Gasteiger partial charge >= 0.3 is 0 Å². The summed E-state index contributed by atoms with van der Waals surface area (Å²) in [4.78, 5) is 45.1. The maximum Gasteiger partial charge on any atom is 0.250 e. The summed E-state index contributed by atoms with van der Waals surface area (Å²) in [5, 5.41) is 15.5. The van der Waals surface area contributed by atoms with E-state index in [0.29, 0.717) is 43.0 Å². The average molecular weight is 565 g/mol. The summed E-state index contributed by atoms with van der Waals surface area (Å²) in [7, 11) is 0. The van der Waals surface area contributed by atoms with Crippen molar-refractivity contribution in [3.05, 3.63) is 48.5 Å². The van der Waals surface area contributed by atoms with Crippen LogP contribution in [0.25, 0.3) is 0 Å². The molecule has 2 bridgehead atoms. The van der Waals surface area contributed by atoms with Crippen LogP contribution in [0.5, 0.6) is 5.75 Å². The first-order valence-electron chi connectivity index (χ1n) is 14.7. The maximum absolute atomic E-state index is 13.9. The fourth-order valence-corrected chi connectivity index (χ4v) is 6.82. The molecule has 1 spiro atoms. The molecule has 2 unspecified atom stereocenters. The van der Waals surface area contributed by atoms with E-state index in [9.17, 15) is 19.5 Å². The van der Waals surface area contributed by atoms with Gasteiger partial charge in [0, 0.05) is 43.3 Å². The van der Waals surface area contributed by atoms with Gasteiger partial charge in [-0.2, -0.15) is 0 Å². The van der Waals surface area contributed by atoms with Crippen LogP contribution in [0.2, 0.25) is 0 Å². The van der Waals surface area contributed by atoms with Crippen molar-refractivity contribution in [2.75, 3.05) is 48.4 Å². The number of likely N-dealkylation sites (tertiary alicyclic amines) is 1. The molecule has 0 saturated carbocycles. The van der Waals surface area contributed by atoms with Gasteiger partial charge < -0.3 is 35.0 Å². The number of hydrogen-bond acceptors (Lipinski definition) is 7. The first kappa shape index (κ1) is 28.9. The number of aliphatic hydroxyl groups excluding tert-OH is 1. The number of nitrogens with one attached hydrogen (secondary N) is 2. The fourth-order valence-electron chi connectivity index (χ4n) is 6.82. The normalized spacial score (nSPS) is 26.1. The third-order valence-electron chi connectivity index (χ3n) is 8.60. The molecule has 3 fully saturated rings. The number of anilines is 3. The number of aliphatic hydroxyl groups is 1. The summed E-state index contributed by atoms with van der Waals surface area (Å²) < 4.78 is 11.9. The van der Waals surface area contributed by atoms with Crippen LogP contribution in [0.1, 0.15) is 40.0 Å². The molecule has 0 aromatic heterocycles. The minimum absolute atomic E-state index is 0.117. The minimum Gasteiger partial charge on any atom is -0.494 e. The Balaban J connectivity index is 1.38. The second-order valence-electron chi connectivity index (χ2n) is 10.8. The van der Waals surface area contributed by atoms with Crippen molar-refractivity contribution in [2.24, 2.45) is 11.8 Å². The molecule has 2 aromatic rings. The zero-order valence-electron chi connectivity index (χ0n) is 24.0. The molecule has 2 aromatic carbocycles. The molecule has 220 valence electrons. The Morgan fingerprint density at radius 2 is 1.66 bits per heavy atom. The smallest absolute Gasteiger partial charge is 0.250 e. The Morgan fingerprint density at radius 1 is 1.02 bits per heavy atom. The van der Waals surface area contributed by atoms with Crippen LogP contribution < -0.4 is 20.3 Å². The second-order valence-corrected chi connectivity index (χ2v) is 10.8. The van der Waals surface area contributed by atoms with Gasteiger partial charge in [0.2, 0.25) is 17.7 Å². The topological polar surface area (TPSA) is 120 Å². The SMILES string of the molecule is CCOc1ccc(NC(=O)[C@@H]2[C@H]3C(=O)N(CCCO)C(C(=O)Nc4ccc(N(CC)CC)cc4)C34CC[C@H]2O4)cc1. The molecule has 3 heterocycles. The highest BCUT2D eigenvalue weighted by Crippen LogP contribution is 2.58. The van der Waals surface area contributed by atoms with Crippen molar-refractivity contribution < 1.29 is 29.0 Å². The van der Waals surface area contributed by atoms with Crippen LogP contribution in [0, 0.1) is 11.8 Å². The van der Waals surface area contributed by atoms with Gasteiger partial charge in [0.1, 0.15) is 17.4 Å². The number of fused-ring (bicyclic) bond motifs is 1. The molecular weight excluding hydrogens is 524 g/mol. The summed E-state index contributed by atoms with van der Waals surface area (Å²) in [6.07, 6.45) is 0.968. The predicted octanol–water partition coefficient (Wildman–Crippen LogP) is 3.27. The Labute approximate surface area is 241 Å². The summed E-state index contributed by atoms with van der Waals surface area (Å²) in [6, 6.07) is 13.8. The van der Waals surface area contributed by atoms with Crippen molar-refractivity contribution in [3.8, 4) is 5.75 Å². The van der Waals surface area contributed by atoms with Gasteiger partial charge in [0.05, 0.1) is 24.5 Å². The molecule has 0 aliphatic carbocycles. The van der Waals surface area contributed by atoms with E-state index >= 15 is 0 Å². The summed E-state index contributed by atoms with van der Waals surface area (Å²) in [5.41, 5.74) is 1.19. The Morgan fingerprint density at radius 3 is 2.27 bits per heavy atom. The zero-order valence-corrected chi connectivity index (χ0v) is 24.0. The van der Waals surface area contributed by atoms with Crippen LogP contribution >= 0.6 is 0 Å². The van der Waals surface area contributed by atoms with Gasteiger partial charge in [0.15, 0.2) is 0 Å². The number of nitrogens with zero attached hydrogens (tertiary/aromatic N) is 2. The lowest BCUT2D eigenvalue weighted by Crippen LogP contribution is -2.53. The Bertz CT molecular complexity index is 1250. The lowest BCUT2D eigenvalue weighted by molar-refractivity contribution is -0.139. The van der Waals surface area contributed by atoms with E-state index < -0.39 is 29.6 Å². The average Bonchev–Trinajstić information content (AvgIpc) is 3.62. The number of ether oxygens (including phenoxy) is 2. The van der Waals surface area contributed by atoms with Crippen LogP contribution in [0.3, 0.4) is 0 Å². The van der Waals surface area contributed by atoms with Crippen molar-refractivity contribution in [1.29, 1.82) is 0 Å². The highest BCUT2D eigenvalue weighted by molar-refractivity contribution is 6.05. The number of rotatable bonds is 12. The third-order valence-corrected chi connectivity index (χ3v) is 8.60. The quantitative estimate of drug-likeness (QED) is 0.362. The van der Waals surface area contributed by atoms with E-state index in [2.05, 4.69) is 29.4 Å². The first-order chi connectivity index (χ1) is 19.9. The number of benzene rings is 2. The number of carbonyl (C=O) groups is 3. The molecule has 3 aliphatic heterocycles. The van der Waals surface area contributed by atoms with Gasteiger partial charge in [-0.1, -0.05) is 0 Å². The van der Waals surface area contributed by atoms with Gasteiger partial charge in [-0.05, 0) is 88.6 Å². The van der Waals surface area contributed by atoms with E-state index in [0.717, 1.165) is 18.8 Å². The van der Waals surface area contributed by atoms with Crippen molar-refractivity contribution in [1.82, 2.24) is 4.90 Å². The number of hydrogen-bond donors (Lipinski definition) is 3. The standard InChI is InChI=1S/C31H40N4O6/c1-4-34(5-2)22-12-8-20(9-13-22)33-29(38)27-31-17-16-24(41-31)25(26(31)30(39)35(27)18-7-19-36)28(37)32-21-10-14-23(15-11-21)40-6-3/h8-15,24-27,36H,4-7,16-19H2,1-3H3,(H,32,37)(H,33,38)/t24-,25+,26+,27?,31?/m1/s1. The van der Waals surface area contributed by atoms with Crippen LogP contribution in [0.15, 0.2) is 48.5 Å². The molecule has 0 radical (unpaired) electrons. The molecule has 3 aliphatic rings. The van der Waals surface area contributed by atoms with Gasteiger partial charge in [-0.25, -0.2) is 0 Å². The number of carbonyl (C=O) groups excluding carboxylic acids is 3. The molecule has 3 amide bonds. The Kier molecular flexibility index (Phi) is 8.51. The zero-order chi connectivity index (χ0) is 29.1. The van der Waals surface area contributed by atoms with Crippen molar-refractivity contribution >= 4 is 34.8 Å². The summed E-state index contributed by atoms with van der Waals surface area (Å²) in [5.74, 6) is -1.70. The molecule has 10 nitrogen and oxygen atoms in total. The van der Waals surface area contributed by atoms with Gasteiger partial charge in [0.25, 0.3) is 0 Å². The van der Waals surface area contributed by atoms with Crippen LogP contribution in [-0.4, -0.2) is 78.3 Å². The van der Waals surface area contributed by atoms with Crippen LogP contribution in [0.4, 0.5) is 17.1 Å². The van der Waals surface area contributed by atoms with Gasteiger partial charge in [-0.3, -0.25) is 14.4 Å². The monoisotopic (exact) mass is 564 g/mol. The first-order valence-corrected chi connectivity index (χ1v) is 14.7. The molecule has 5 atom stereocenters. The van der Waals surface area contributed by atoms with Gasteiger partial charge in [-0.15, -0.1) is 0 Å². The summed E-state index contributed by atoms with van der Waals surface area (Å²) >= 11 is 0. The van der Waals surface area contributed by atoms with E-state index in [-0.39, 0.29) is 30.9 Å². The summed E-state index contributed by atoms with van der Waals surface area (Å²) in [6.45, 7) is 8.47. The molecule has 41 heavy (non-hydrogen) atoms. The molecule has 10 heteroatoms. The third kappa shape index (κ3) is 5.26. The molecule has 3 saturated heterocycles. The van der Waals surface area contributed by atoms with E-state index in [4.69, 9.17) is 9.47 Å². The largest absolute Gasteiger partial charge is 0.494 e. The lowest BCUT2D eigenvalue weighted by atomic mass is 9.70. The van der Waals surface area contributed by atoms with E-state index in [1.807, 2.05) is 31.2 Å².